The number of benzene rings is 2. The monoisotopic (exact) mass is 418 g/mol. The number of nitro groups is 1. The number of non-ortho nitro benzene ring substituents is 1. The average Bonchev–Trinajstić information content (AvgIpc) is 2.61. The molecule has 0 radical (unpaired) electrons. The van der Waals surface area contributed by atoms with Crippen LogP contribution in [0.4, 0.5) is 14.9 Å². The Labute approximate surface area is 172 Å². The molecule has 160 valence electrons. The molecule has 0 aliphatic carbocycles. The number of alkyl carbamates (subject to hydrolysis) is 1. The molecule has 1 unspecified atom stereocenters. The Morgan fingerprint density at radius 2 is 1.77 bits per heavy atom. The SMILES string of the molecule is C[C@H](NC(=O)OC(C)(C)C)C(c1ccc(F)cc1)c1cc([N+](=O)[O-])ccc1C(=O)O. The third kappa shape index (κ3) is 5.76. The van der Waals surface area contributed by atoms with Crippen LogP contribution >= 0.6 is 0 Å². The van der Waals surface area contributed by atoms with Gasteiger partial charge in [0.05, 0.1) is 10.5 Å². The van der Waals surface area contributed by atoms with E-state index in [1.54, 1.807) is 27.7 Å². The van der Waals surface area contributed by atoms with Gasteiger partial charge in [-0.25, -0.2) is 14.0 Å². The van der Waals surface area contributed by atoms with Gasteiger partial charge >= 0.3 is 12.1 Å². The van der Waals surface area contributed by atoms with Gasteiger partial charge in [-0.15, -0.1) is 0 Å². The number of hydrogen-bond donors (Lipinski definition) is 2. The molecule has 1 amide bonds. The smallest absolute Gasteiger partial charge is 0.407 e. The van der Waals surface area contributed by atoms with Crippen LogP contribution in [0.5, 0.6) is 0 Å². The zero-order valence-corrected chi connectivity index (χ0v) is 17.0. The first-order chi connectivity index (χ1) is 13.9. The summed E-state index contributed by atoms with van der Waals surface area (Å²) in [5, 5.41) is 23.5. The highest BCUT2D eigenvalue weighted by Gasteiger charge is 2.30. The highest BCUT2D eigenvalue weighted by atomic mass is 19.1. The van der Waals surface area contributed by atoms with Gasteiger partial charge in [0.25, 0.3) is 5.69 Å². The highest BCUT2D eigenvalue weighted by Crippen LogP contribution is 2.33. The topological polar surface area (TPSA) is 119 Å². The molecule has 9 heteroatoms. The third-order valence-corrected chi connectivity index (χ3v) is 4.28. The Hall–Kier alpha value is -3.49. The number of nitrogens with one attached hydrogen (secondary N) is 1. The minimum absolute atomic E-state index is 0.117. The first-order valence-corrected chi connectivity index (χ1v) is 9.15. The number of nitro benzene ring substituents is 1. The van der Waals surface area contributed by atoms with E-state index in [0.29, 0.717) is 5.56 Å². The second kappa shape index (κ2) is 8.89. The lowest BCUT2D eigenvalue weighted by Gasteiger charge is -2.28. The van der Waals surface area contributed by atoms with E-state index in [2.05, 4.69) is 5.32 Å². The number of hydrogen-bond acceptors (Lipinski definition) is 5. The standard InChI is InChI=1S/C21H23FN2O6/c1-12(23-20(27)30-21(2,3)4)18(13-5-7-14(22)8-6-13)17-11-15(24(28)29)9-10-16(17)19(25)26/h5-12,18H,1-4H3,(H,23,27)(H,25,26)/t12-,18?/m0/s1. The number of halogens is 1. The molecule has 0 spiro atoms. The number of carboxylic acid groups (broad SMARTS) is 1. The molecule has 2 N–H and O–H groups in total. The fourth-order valence-corrected chi connectivity index (χ4v) is 3.10. The van der Waals surface area contributed by atoms with E-state index in [9.17, 15) is 29.2 Å². The van der Waals surface area contributed by atoms with Crippen molar-refractivity contribution in [3.05, 3.63) is 75.1 Å². The molecule has 0 aliphatic heterocycles. The fraction of sp³-hybridized carbons (Fsp3) is 0.333. The van der Waals surface area contributed by atoms with Crippen molar-refractivity contribution in [3.8, 4) is 0 Å². The van der Waals surface area contributed by atoms with Gasteiger partial charge in [0.2, 0.25) is 0 Å². The number of carboxylic acids is 1. The van der Waals surface area contributed by atoms with E-state index in [0.717, 1.165) is 18.2 Å². The zero-order chi connectivity index (χ0) is 22.6. The second-order valence-corrected chi connectivity index (χ2v) is 7.80. The lowest BCUT2D eigenvalue weighted by molar-refractivity contribution is -0.384. The van der Waals surface area contributed by atoms with E-state index in [4.69, 9.17) is 4.74 Å². The van der Waals surface area contributed by atoms with Crippen molar-refractivity contribution in [3.63, 3.8) is 0 Å². The van der Waals surface area contributed by atoms with E-state index in [1.165, 1.54) is 24.3 Å². The summed E-state index contributed by atoms with van der Waals surface area (Å²) in [6.45, 7) is 6.69. The van der Waals surface area contributed by atoms with Crippen molar-refractivity contribution < 1.29 is 28.7 Å². The van der Waals surface area contributed by atoms with Gasteiger partial charge in [-0.05, 0) is 57.0 Å². The van der Waals surface area contributed by atoms with Gasteiger partial charge in [0, 0.05) is 24.1 Å². The van der Waals surface area contributed by atoms with Gasteiger partial charge in [0.1, 0.15) is 11.4 Å². The van der Waals surface area contributed by atoms with E-state index < -0.39 is 40.4 Å². The van der Waals surface area contributed by atoms with Crippen LogP contribution in [0, 0.1) is 15.9 Å². The molecule has 2 aromatic rings. The molecule has 8 nitrogen and oxygen atoms in total. The molecule has 0 heterocycles. The summed E-state index contributed by atoms with van der Waals surface area (Å²) in [7, 11) is 0. The Morgan fingerprint density at radius 3 is 2.27 bits per heavy atom. The Morgan fingerprint density at radius 1 is 1.17 bits per heavy atom. The fourth-order valence-electron chi connectivity index (χ4n) is 3.10. The quantitative estimate of drug-likeness (QED) is 0.527. The van der Waals surface area contributed by atoms with Gasteiger partial charge in [0.15, 0.2) is 0 Å². The minimum atomic E-state index is -1.28. The number of aromatic carboxylic acids is 1. The molecule has 2 rings (SSSR count). The zero-order valence-electron chi connectivity index (χ0n) is 17.0. The number of carbonyl (C=O) groups excluding carboxylic acids is 1. The van der Waals surface area contributed by atoms with Crippen LogP contribution in [-0.2, 0) is 4.74 Å². The molecule has 30 heavy (non-hydrogen) atoms. The van der Waals surface area contributed by atoms with Crippen molar-refractivity contribution in [1.82, 2.24) is 5.32 Å². The molecule has 0 fully saturated rings. The Balaban J connectivity index is 2.58. The van der Waals surface area contributed by atoms with Crippen molar-refractivity contribution in [1.29, 1.82) is 0 Å². The van der Waals surface area contributed by atoms with Crippen molar-refractivity contribution in [2.45, 2.75) is 45.3 Å². The maximum atomic E-state index is 13.5. The first-order valence-electron chi connectivity index (χ1n) is 9.15. The van der Waals surface area contributed by atoms with Crippen LogP contribution in [0.25, 0.3) is 0 Å². The molecule has 0 saturated heterocycles. The molecular formula is C21H23FN2O6. The Kier molecular flexibility index (Phi) is 6.76. The van der Waals surface area contributed by atoms with Crippen LogP contribution in [-0.4, -0.2) is 33.7 Å². The lowest BCUT2D eigenvalue weighted by Crippen LogP contribution is -2.41. The van der Waals surface area contributed by atoms with Gasteiger partial charge in [-0.2, -0.15) is 0 Å². The van der Waals surface area contributed by atoms with Gasteiger partial charge in [-0.3, -0.25) is 10.1 Å². The summed E-state index contributed by atoms with van der Waals surface area (Å²) in [6, 6.07) is 7.94. The van der Waals surface area contributed by atoms with E-state index in [1.807, 2.05) is 0 Å². The molecule has 0 aromatic heterocycles. The van der Waals surface area contributed by atoms with Crippen molar-refractivity contribution in [2.24, 2.45) is 0 Å². The van der Waals surface area contributed by atoms with Crippen LogP contribution in [0.1, 0.15) is 55.1 Å². The first kappa shape index (κ1) is 22.8. The van der Waals surface area contributed by atoms with Crippen LogP contribution in [0.2, 0.25) is 0 Å². The van der Waals surface area contributed by atoms with Crippen LogP contribution in [0.3, 0.4) is 0 Å². The third-order valence-electron chi connectivity index (χ3n) is 4.28. The summed E-state index contributed by atoms with van der Waals surface area (Å²) in [4.78, 5) is 34.7. The highest BCUT2D eigenvalue weighted by molar-refractivity contribution is 5.90. The summed E-state index contributed by atoms with van der Waals surface area (Å²) >= 11 is 0. The van der Waals surface area contributed by atoms with Crippen LogP contribution in [0.15, 0.2) is 42.5 Å². The normalized spacial score (nSPS) is 13.2. The molecule has 0 saturated carbocycles. The summed E-state index contributed by atoms with van der Waals surface area (Å²) < 4.78 is 18.7. The predicted octanol–water partition coefficient (Wildman–Crippen LogP) is 4.48. The second-order valence-electron chi connectivity index (χ2n) is 7.80. The van der Waals surface area contributed by atoms with Crippen molar-refractivity contribution >= 4 is 17.7 Å². The number of amides is 1. The van der Waals surface area contributed by atoms with Crippen molar-refractivity contribution in [2.75, 3.05) is 0 Å². The molecular weight excluding hydrogens is 395 g/mol. The molecule has 0 aliphatic rings. The predicted molar refractivity (Wildman–Crippen MR) is 107 cm³/mol. The van der Waals surface area contributed by atoms with Gasteiger partial charge in [-0.1, -0.05) is 12.1 Å². The Bertz CT molecular complexity index is 953. The number of ether oxygens (including phenoxy) is 1. The summed E-state index contributed by atoms with van der Waals surface area (Å²) in [5.41, 5.74) is -0.624. The van der Waals surface area contributed by atoms with E-state index >= 15 is 0 Å². The maximum absolute atomic E-state index is 13.5. The average molecular weight is 418 g/mol. The number of carbonyl (C=O) groups is 2. The molecule has 2 atom stereocenters. The number of rotatable bonds is 6. The molecule has 0 bridgehead atoms. The maximum Gasteiger partial charge on any atom is 0.407 e. The lowest BCUT2D eigenvalue weighted by atomic mass is 9.83. The largest absolute Gasteiger partial charge is 0.478 e. The summed E-state index contributed by atoms with van der Waals surface area (Å²) in [6.07, 6.45) is -0.732. The minimum Gasteiger partial charge on any atom is -0.478 e. The van der Waals surface area contributed by atoms with E-state index in [-0.39, 0.29) is 16.8 Å². The molecule has 2 aromatic carbocycles. The summed E-state index contributed by atoms with van der Waals surface area (Å²) in [5.74, 6) is -2.59. The van der Waals surface area contributed by atoms with Crippen LogP contribution < -0.4 is 5.32 Å². The van der Waals surface area contributed by atoms with Gasteiger partial charge < -0.3 is 15.2 Å². The number of nitrogens with zero attached hydrogens (tertiary/aromatic N) is 1.